The predicted octanol–water partition coefficient (Wildman–Crippen LogP) is 5.64. The van der Waals surface area contributed by atoms with E-state index in [-0.39, 0.29) is 5.56 Å². The largest absolute Gasteiger partial charge is 0.497 e. The first-order valence-electron chi connectivity index (χ1n) is 9.43. The lowest BCUT2D eigenvalue weighted by atomic mass is 10.1. The van der Waals surface area contributed by atoms with Crippen molar-refractivity contribution in [3.05, 3.63) is 99.8 Å². The molecule has 1 aromatic heterocycles. The maximum absolute atomic E-state index is 13.4. The minimum atomic E-state index is -0.172. The summed E-state index contributed by atoms with van der Waals surface area (Å²) in [5.41, 5.74) is 4.02. The van der Waals surface area contributed by atoms with Crippen LogP contribution in [-0.2, 0) is 0 Å². The number of H-pyrrole nitrogens is 1. The first-order valence-corrected chi connectivity index (χ1v) is 9.80. The fourth-order valence-corrected chi connectivity index (χ4v) is 3.39. The van der Waals surface area contributed by atoms with Crippen LogP contribution in [-0.4, -0.2) is 22.6 Å². The number of aromatic nitrogens is 2. The molecule has 0 aliphatic carbocycles. The summed E-state index contributed by atoms with van der Waals surface area (Å²) in [5.74, 6) is 0.724. The molecule has 0 saturated carbocycles. The Balaban J connectivity index is 1.88. The van der Waals surface area contributed by atoms with Crippen LogP contribution in [0.15, 0.2) is 88.6 Å². The van der Waals surface area contributed by atoms with Gasteiger partial charge in [0.2, 0.25) is 0 Å². The topological polar surface area (TPSA) is 59.4 Å². The summed E-state index contributed by atoms with van der Waals surface area (Å²) in [6.45, 7) is 1.84. The summed E-state index contributed by atoms with van der Waals surface area (Å²) in [7, 11) is 1.61. The molecule has 0 bridgehead atoms. The molecule has 5 nitrogen and oxygen atoms in total. The summed E-state index contributed by atoms with van der Waals surface area (Å²) in [6, 6.07) is 24.2. The molecule has 0 aliphatic heterocycles. The quantitative estimate of drug-likeness (QED) is 0.427. The summed E-state index contributed by atoms with van der Waals surface area (Å²) >= 11 is 5.97. The fraction of sp³-hybridized carbons (Fsp3) is 0.0833. The summed E-state index contributed by atoms with van der Waals surface area (Å²) in [4.78, 5) is 18.1. The lowest BCUT2D eigenvalue weighted by molar-refractivity contribution is 0.414. The second kappa shape index (κ2) is 8.43. The third-order valence-corrected chi connectivity index (χ3v) is 5.02. The van der Waals surface area contributed by atoms with E-state index < -0.39 is 0 Å². The average molecular weight is 418 g/mol. The molecule has 0 amide bonds. The van der Waals surface area contributed by atoms with Gasteiger partial charge in [0, 0.05) is 10.6 Å². The van der Waals surface area contributed by atoms with Gasteiger partial charge in [-0.3, -0.25) is 14.9 Å². The van der Waals surface area contributed by atoms with Crippen molar-refractivity contribution in [2.45, 2.75) is 6.92 Å². The molecule has 0 fully saturated rings. The van der Waals surface area contributed by atoms with Crippen LogP contribution in [0.2, 0.25) is 5.02 Å². The van der Waals surface area contributed by atoms with E-state index in [4.69, 9.17) is 16.3 Å². The van der Waals surface area contributed by atoms with Gasteiger partial charge in [-0.2, -0.15) is 0 Å². The highest BCUT2D eigenvalue weighted by Crippen LogP contribution is 2.24. The van der Waals surface area contributed by atoms with Crippen LogP contribution in [0.4, 0.5) is 5.69 Å². The Labute approximate surface area is 179 Å². The van der Waals surface area contributed by atoms with Crippen molar-refractivity contribution in [2.75, 3.05) is 7.11 Å². The number of halogens is 1. The zero-order valence-electron chi connectivity index (χ0n) is 16.6. The third kappa shape index (κ3) is 3.93. The monoisotopic (exact) mass is 417 g/mol. The first-order chi connectivity index (χ1) is 14.6. The van der Waals surface area contributed by atoms with Gasteiger partial charge in [0.1, 0.15) is 5.75 Å². The van der Waals surface area contributed by atoms with E-state index in [9.17, 15) is 4.79 Å². The van der Waals surface area contributed by atoms with E-state index >= 15 is 0 Å². The Morgan fingerprint density at radius 1 is 0.967 bits per heavy atom. The Bertz CT molecular complexity index is 1240. The standard InChI is InChI=1S/C24H20ClN3O2/c1-16(26-19-10-8-18(25)9-11-19)22-23(17-6-4-3-5-7-17)27-28(24(22)29)20-12-14-21(30-2)15-13-20/h3-15,27H,1-2H3. The zero-order valence-corrected chi connectivity index (χ0v) is 17.4. The highest BCUT2D eigenvalue weighted by atomic mass is 35.5. The molecule has 0 radical (unpaired) electrons. The van der Waals surface area contributed by atoms with Crippen molar-refractivity contribution in [2.24, 2.45) is 4.99 Å². The predicted molar refractivity (Wildman–Crippen MR) is 122 cm³/mol. The molecular formula is C24H20ClN3O2. The number of methoxy groups -OCH3 is 1. The van der Waals surface area contributed by atoms with Crippen LogP contribution in [0.5, 0.6) is 5.75 Å². The minimum Gasteiger partial charge on any atom is -0.497 e. The number of aromatic amines is 1. The molecule has 1 N–H and O–H groups in total. The number of aliphatic imine (C=N–C) groups is 1. The van der Waals surface area contributed by atoms with Crippen molar-refractivity contribution in [1.29, 1.82) is 0 Å². The number of benzene rings is 3. The van der Waals surface area contributed by atoms with Crippen LogP contribution in [0, 0.1) is 0 Å². The molecule has 1 heterocycles. The minimum absolute atomic E-state index is 0.172. The number of hydrogen-bond donors (Lipinski definition) is 1. The second-order valence-corrected chi connectivity index (χ2v) is 7.18. The third-order valence-electron chi connectivity index (χ3n) is 4.77. The molecule has 0 aliphatic rings. The number of nitrogens with one attached hydrogen (secondary N) is 1. The van der Waals surface area contributed by atoms with Crippen molar-refractivity contribution < 1.29 is 4.74 Å². The molecule has 6 heteroatoms. The maximum Gasteiger partial charge on any atom is 0.280 e. The van der Waals surface area contributed by atoms with E-state index in [0.717, 1.165) is 17.0 Å². The average Bonchev–Trinajstić information content (AvgIpc) is 3.13. The van der Waals surface area contributed by atoms with Gasteiger partial charge in [0.25, 0.3) is 5.56 Å². The van der Waals surface area contributed by atoms with Gasteiger partial charge in [-0.1, -0.05) is 41.9 Å². The van der Waals surface area contributed by atoms with E-state index in [1.54, 1.807) is 19.2 Å². The highest BCUT2D eigenvalue weighted by molar-refractivity contribution is 6.30. The van der Waals surface area contributed by atoms with Crippen molar-refractivity contribution >= 4 is 23.0 Å². The molecule has 3 aromatic carbocycles. The van der Waals surface area contributed by atoms with Gasteiger partial charge in [-0.25, -0.2) is 4.68 Å². The molecule has 150 valence electrons. The first kappa shape index (κ1) is 19.7. The summed E-state index contributed by atoms with van der Waals surface area (Å²) < 4.78 is 6.75. The van der Waals surface area contributed by atoms with Crippen molar-refractivity contribution in [1.82, 2.24) is 9.78 Å². The lowest BCUT2D eigenvalue weighted by Gasteiger charge is -2.04. The fourth-order valence-electron chi connectivity index (χ4n) is 3.26. The molecule has 0 atom stereocenters. The molecule has 0 unspecified atom stereocenters. The van der Waals surface area contributed by atoms with Crippen molar-refractivity contribution in [3.63, 3.8) is 0 Å². The molecule has 4 rings (SSSR count). The second-order valence-electron chi connectivity index (χ2n) is 6.74. The van der Waals surface area contributed by atoms with E-state index in [2.05, 4.69) is 10.1 Å². The van der Waals surface area contributed by atoms with Gasteiger partial charge in [0.05, 0.1) is 35.5 Å². The van der Waals surface area contributed by atoms with Crippen molar-refractivity contribution in [3.8, 4) is 22.7 Å². The van der Waals surface area contributed by atoms with Crippen LogP contribution < -0.4 is 10.3 Å². The van der Waals surface area contributed by atoms with E-state index in [0.29, 0.717) is 27.7 Å². The Hall–Kier alpha value is -3.57. The lowest BCUT2D eigenvalue weighted by Crippen LogP contribution is -2.19. The maximum atomic E-state index is 13.4. The molecule has 30 heavy (non-hydrogen) atoms. The van der Waals surface area contributed by atoms with Gasteiger partial charge in [-0.15, -0.1) is 0 Å². The van der Waals surface area contributed by atoms with Crippen LogP contribution in [0.1, 0.15) is 12.5 Å². The zero-order chi connectivity index (χ0) is 21.1. The Kier molecular flexibility index (Phi) is 5.55. The van der Waals surface area contributed by atoms with E-state index in [1.807, 2.05) is 73.7 Å². The summed E-state index contributed by atoms with van der Waals surface area (Å²) in [5, 5.41) is 3.90. The summed E-state index contributed by atoms with van der Waals surface area (Å²) in [6.07, 6.45) is 0. The molecule has 0 saturated heterocycles. The number of nitrogens with zero attached hydrogens (tertiary/aromatic N) is 2. The van der Waals surface area contributed by atoms with Gasteiger partial charge in [0.15, 0.2) is 0 Å². The van der Waals surface area contributed by atoms with Gasteiger partial charge < -0.3 is 4.74 Å². The Morgan fingerprint density at radius 2 is 1.63 bits per heavy atom. The van der Waals surface area contributed by atoms with Crippen LogP contribution >= 0.6 is 11.6 Å². The number of hydrogen-bond acceptors (Lipinski definition) is 3. The smallest absolute Gasteiger partial charge is 0.280 e. The number of rotatable bonds is 5. The van der Waals surface area contributed by atoms with Gasteiger partial charge >= 0.3 is 0 Å². The molecular weight excluding hydrogens is 398 g/mol. The number of ether oxygens (including phenoxy) is 1. The molecule has 0 spiro atoms. The van der Waals surface area contributed by atoms with Gasteiger partial charge in [-0.05, 0) is 55.5 Å². The Morgan fingerprint density at radius 3 is 2.27 bits per heavy atom. The van der Waals surface area contributed by atoms with Crippen LogP contribution in [0.25, 0.3) is 16.9 Å². The highest BCUT2D eigenvalue weighted by Gasteiger charge is 2.19. The van der Waals surface area contributed by atoms with Crippen LogP contribution in [0.3, 0.4) is 0 Å². The molecule has 4 aromatic rings. The SMILES string of the molecule is COc1ccc(-n2[nH]c(-c3ccccc3)c(C(C)=Nc3ccc(Cl)cc3)c2=O)cc1. The normalized spacial score (nSPS) is 11.5. The van der Waals surface area contributed by atoms with E-state index in [1.165, 1.54) is 4.68 Å².